The molecule has 1 atom stereocenters. The van der Waals surface area contributed by atoms with E-state index in [1.165, 1.54) is 14.9 Å². The van der Waals surface area contributed by atoms with Crippen LogP contribution in [-0.2, 0) is 13.5 Å². The van der Waals surface area contributed by atoms with Gasteiger partial charge in [-0.2, -0.15) is 5.10 Å². The van der Waals surface area contributed by atoms with E-state index in [4.69, 9.17) is 0 Å². The number of aryl methyl sites for hydroxylation is 2. The molecule has 0 aliphatic rings. The summed E-state index contributed by atoms with van der Waals surface area (Å²) >= 11 is 5.43. The van der Waals surface area contributed by atoms with E-state index >= 15 is 0 Å². The maximum atomic E-state index is 4.21. The van der Waals surface area contributed by atoms with Gasteiger partial charge in [0.25, 0.3) is 0 Å². The highest BCUT2D eigenvalue weighted by molar-refractivity contribution is 9.10. The Labute approximate surface area is 120 Å². The molecule has 3 nitrogen and oxygen atoms in total. The molecule has 2 aromatic rings. The first-order valence-electron chi connectivity index (χ1n) is 6.14. The lowest BCUT2D eigenvalue weighted by molar-refractivity contribution is 0.521. The van der Waals surface area contributed by atoms with Crippen molar-refractivity contribution in [2.45, 2.75) is 25.8 Å². The van der Waals surface area contributed by atoms with Crippen molar-refractivity contribution in [3.63, 3.8) is 0 Å². The first-order valence-corrected chi connectivity index (χ1v) is 7.81. The van der Waals surface area contributed by atoms with Crippen LogP contribution in [0.4, 0.5) is 0 Å². The second kappa shape index (κ2) is 6.50. The van der Waals surface area contributed by atoms with Crippen LogP contribution in [0.2, 0.25) is 0 Å². The Morgan fingerprint density at radius 2 is 2.39 bits per heavy atom. The molecule has 2 aromatic heterocycles. The molecule has 0 amide bonds. The molecule has 1 unspecified atom stereocenters. The molecule has 98 valence electrons. The number of nitrogens with one attached hydrogen (secondary N) is 1. The van der Waals surface area contributed by atoms with Crippen LogP contribution in [-0.4, -0.2) is 16.3 Å². The number of aromatic nitrogens is 2. The van der Waals surface area contributed by atoms with Crippen molar-refractivity contribution in [2.24, 2.45) is 7.05 Å². The van der Waals surface area contributed by atoms with E-state index in [1.807, 2.05) is 29.3 Å². The zero-order valence-electron chi connectivity index (χ0n) is 10.7. The van der Waals surface area contributed by atoms with Gasteiger partial charge in [-0.3, -0.25) is 4.68 Å². The van der Waals surface area contributed by atoms with E-state index in [1.54, 1.807) is 0 Å². The largest absolute Gasteiger partial charge is 0.309 e. The van der Waals surface area contributed by atoms with E-state index in [2.05, 4.69) is 50.9 Å². The zero-order valence-corrected chi connectivity index (χ0v) is 13.1. The van der Waals surface area contributed by atoms with Gasteiger partial charge in [0.1, 0.15) is 0 Å². The molecule has 0 aliphatic carbocycles. The highest BCUT2D eigenvalue weighted by Crippen LogP contribution is 2.31. The average molecular weight is 328 g/mol. The molecule has 0 saturated carbocycles. The third-order valence-electron chi connectivity index (χ3n) is 2.89. The molecular weight excluding hydrogens is 310 g/mol. The van der Waals surface area contributed by atoms with E-state index in [-0.39, 0.29) is 0 Å². The maximum absolute atomic E-state index is 4.21. The first-order chi connectivity index (χ1) is 8.70. The minimum absolute atomic E-state index is 0.421. The van der Waals surface area contributed by atoms with E-state index in [0.717, 1.165) is 19.4 Å². The number of nitrogens with zero attached hydrogens (tertiary/aromatic N) is 2. The third kappa shape index (κ3) is 3.43. The molecule has 0 aliphatic heterocycles. The topological polar surface area (TPSA) is 29.9 Å². The average Bonchev–Trinajstić information content (AvgIpc) is 2.94. The van der Waals surface area contributed by atoms with Crippen molar-refractivity contribution < 1.29 is 0 Å². The van der Waals surface area contributed by atoms with Crippen LogP contribution in [0.25, 0.3) is 0 Å². The van der Waals surface area contributed by atoms with Crippen molar-refractivity contribution in [3.8, 4) is 0 Å². The van der Waals surface area contributed by atoms with E-state index in [0.29, 0.717) is 6.04 Å². The van der Waals surface area contributed by atoms with E-state index in [9.17, 15) is 0 Å². The van der Waals surface area contributed by atoms with Gasteiger partial charge >= 0.3 is 0 Å². The summed E-state index contributed by atoms with van der Waals surface area (Å²) in [5.74, 6) is 0. The summed E-state index contributed by atoms with van der Waals surface area (Å²) in [6, 6.07) is 2.54. The number of thiophene rings is 1. The summed E-state index contributed by atoms with van der Waals surface area (Å²) < 4.78 is 3.07. The molecule has 0 bridgehead atoms. The standard InChI is InChI=1S/C13H18BrN3S/c1-3-15-12(13-11(14)6-7-18-13)5-4-10-8-16-17(2)9-10/h6-9,12,15H,3-5H2,1-2H3. The molecule has 5 heteroatoms. The molecule has 1 N–H and O–H groups in total. The minimum Gasteiger partial charge on any atom is -0.309 e. The van der Waals surface area contributed by atoms with E-state index < -0.39 is 0 Å². The van der Waals surface area contributed by atoms with Crippen LogP contribution in [0.1, 0.15) is 29.8 Å². The Balaban J connectivity index is 2.01. The molecule has 18 heavy (non-hydrogen) atoms. The van der Waals surface area contributed by atoms with Crippen molar-refractivity contribution in [3.05, 3.63) is 38.8 Å². The van der Waals surface area contributed by atoms with Gasteiger partial charge in [0.15, 0.2) is 0 Å². The number of hydrogen-bond acceptors (Lipinski definition) is 3. The van der Waals surface area contributed by atoms with Gasteiger partial charge < -0.3 is 5.32 Å². The van der Waals surface area contributed by atoms with Crippen molar-refractivity contribution in [1.82, 2.24) is 15.1 Å². The number of rotatable bonds is 6. The van der Waals surface area contributed by atoms with Gasteiger partial charge in [-0.1, -0.05) is 6.92 Å². The van der Waals surface area contributed by atoms with Crippen LogP contribution >= 0.6 is 27.3 Å². The van der Waals surface area contributed by atoms with Crippen molar-refractivity contribution in [2.75, 3.05) is 6.54 Å². The number of hydrogen-bond donors (Lipinski definition) is 1. The Morgan fingerprint density at radius 1 is 1.56 bits per heavy atom. The van der Waals surface area contributed by atoms with Crippen molar-refractivity contribution in [1.29, 1.82) is 0 Å². The van der Waals surface area contributed by atoms with Crippen molar-refractivity contribution >= 4 is 27.3 Å². The van der Waals surface area contributed by atoms with Crippen LogP contribution in [0.5, 0.6) is 0 Å². The third-order valence-corrected chi connectivity index (χ3v) is 4.88. The molecule has 0 radical (unpaired) electrons. The highest BCUT2D eigenvalue weighted by Gasteiger charge is 2.15. The second-order valence-corrected chi connectivity index (χ2v) is 6.11. The fourth-order valence-corrected chi connectivity index (χ4v) is 3.80. The van der Waals surface area contributed by atoms with Crippen LogP contribution in [0.15, 0.2) is 28.3 Å². The smallest absolute Gasteiger partial charge is 0.0521 e. The van der Waals surface area contributed by atoms with Crippen LogP contribution in [0.3, 0.4) is 0 Å². The van der Waals surface area contributed by atoms with Gasteiger partial charge in [-0.05, 0) is 52.3 Å². The summed E-state index contributed by atoms with van der Waals surface area (Å²) in [6.07, 6.45) is 6.19. The molecule has 0 spiro atoms. The Bertz CT molecular complexity index is 492. The normalized spacial score (nSPS) is 12.8. The Morgan fingerprint density at radius 3 is 2.94 bits per heavy atom. The van der Waals surface area contributed by atoms with Gasteiger partial charge in [0.2, 0.25) is 0 Å². The van der Waals surface area contributed by atoms with Gasteiger partial charge in [-0.25, -0.2) is 0 Å². The fraction of sp³-hybridized carbons (Fsp3) is 0.462. The van der Waals surface area contributed by atoms with Gasteiger partial charge in [-0.15, -0.1) is 11.3 Å². The molecule has 0 aromatic carbocycles. The van der Waals surface area contributed by atoms with Crippen LogP contribution in [0, 0.1) is 0 Å². The second-order valence-electron chi connectivity index (χ2n) is 4.30. The first kappa shape index (κ1) is 13.8. The summed E-state index contributed by atoms with van der Waals surface area (Å²) in [5.41, 5.74) is 1.30. The predicted octanol–water partition coefficient (Wildman–Crippen LogP) is 3.53. The quantitative estimate of drug-likeness (QED) is 0.879. The minimum atomic E-state index is 0.421. The molecule has 0 fully saturated rings. The zero-order chi connectivity index (χ0) is 13.0. The summed E-state index contributed by atoms with van der Waals surface area (Å²) in [7, 11) is 1.96. The molecule has 2 heterocycles. The summed E-state index contributed by atoms with van der Waals surface area (Å²) in [6.45, 7) is 3.14. The van der Waals surface area contributed by atoms with Crippen LogP contribution < -0.4 is 5.32 Å². The lowest BCUT2D eigenvalue weighted by Crippen LogP contribution is -2.20. The summed E-state index contributed by atoms with van der Waals surface area (Å²) in [5, 5.41) is 9.90. The Hall–Kier alpha value is -0.650. The number of halogens is 1. The van der Waals surface area contributed by atoms with Gasteiger partial charge in [0, 0.05) is 28.6 Å². The molecule has 0 saturated heterocycles. The fourth-order valence-electron chi connectivity index (χ4n) is 2.04. The lowest BCUT2D eigenvalue weighted by Gasteiger charge is -2.16. The molecule has 2 rings (SSSR count). The Kier molecular flexibility index (Phi) is 4.97. The molecular formula is C13H18BrN3S. The van der Waals surface area contributed by atoms with Gasteiger partial charge in [0.05, 0.1) is 6.20 Å². The SMILES string of the molecule is CCNC(CCc1cnn(C)c1)c1sccc1Br. The summed E-state index contributed by atoms with van der Waals surface area (Å²) in [4.78, 5) is 1.39. The lowest BCUT2D eigenvalue weighted by atomic mass is 10.1. The predicted molar refractivity (Wildman–Crippen MR) is 80.0 cm³/mol. The monoisotopic (exact) mass is 327 g/mol. The maximum Gasteiger partial charge on any atom is 0.0521 e. The highest BCUT2D eigenvalue weighted by atomic mass is 79.9.